The highest BCUT2D eigenvalue weighted by Crippen LogP contribution is 2.28. The first-order chi connectivity index (χ1) is 18.9. The number of nitrogens with zero attached hydrogens (tertiary/aromatic N) is 2. The lowest BCUT2D eigenvalue weighted by Crippen LogP contribution is -2.51. The van der Waals surface area contributed by atoms with E-state index in [1.807, 2.05) is 20.8 Å². The van der Waals surface area contributed by atoms with Crippen molar-refractivity contribution in [3.63, 3.8) is 0 Å². The van der Waals surface area contributed by atoms with E-state index in [0.717, 1.165) is 9.87 Å². The molecule has 3 aromatic carbocycles. The Morgan fingerprint density at radius 1 is 0.975 bits per heavy atom. The molecular formula is C30H36ClN3O5S. The molecule has 0 aliphatic carbocycles. The first-order valence-electron chi connectivity index (χ1n) is 13.0. The lowest BCUT2D eigenvalue weighted by atomic mass is 10.1. The van der Waals surface area contributed by atoms with Gasteiger partial charge in [-0.1, -0.05) is 61.3 Å². The van der Waals surface area contributed by atoms with Crippen molar-refractivity contribution < 1.29 is 22.7 Å². The number of nitrogens with one attached hydrogen (secondary N) is 1. The number of carbonyl (C=O) groups excluding carboxylic acids is 2. The summed E-state index contributed by atoms with van der Waals surface area (Å²) in [6.07, 6.45) is 0. The van der Waals surface area contributed by atoms with Crippen LogP contribution in [-0.2, 0) is 26.2 Å². The van der Waals surface area contributed by atoms with Crippen molar-refractivity contribution in [3.05, 3.63) is 88.9 Å². The van der Waals surface area contributed by atoms with Crippen molar-refractivity contribution >= 4 is 39.1 Å². The number of rotatable bonds is 12. The molecule has 214 valence electrons. The Hall–Kier alpha value is -3.56. The average molecular weight is 586 g/mol. The zero-order chi connectivity index (χ0) is 29.4. The number of ether oxygens (including phenoxy) is 1. The van der Waals surface area contributed by atoms with Crippen molar-refractivity contribution in [1.82, 2.24) is 10.2 Å². The van der Waals surface area contributed by atoms with E-state index in [1.54, 1.807) is 67.6 Å². The summed E-state index contributed by atoms with van der Waals surface area (Å²) in [5.74, 6) is -0.230. The van der Waals surface area contributed by atoms with Gasteiger partial charge in [-0.05, 0) is 61.7 Å². The molecule has 0 bridgehead atoms. The Balaban J connectivity index is 2.03. The van der Waals surface area contributed by atoms with Gasteiger partial charge < -0.3 is 15.0 Å². The highest BCUT2D eigenvalue weighted by molar-refractivity contribution is 7.92. The Bertz CT molecular complexity index is 1430. The number of methoxy groups -OCH3 is 1. The summed E-state index contributed by atoms with van der Waals surface area (Å²) in [7, 11) is -2.68. The molecule has 0 aliphatic rings. The van der Waals surface area contributed by atoms with Gasteiger partial charge in [0.05, 0.1) is 17.7 Å². The van der Waals surface area contributed by atoms with Crippen LogP contribution in [0.15, 0.2) is 77.7 Å². The Morgan fingerprint density at radius 3 is 2.27 bits per heavy atom. The summed E-state index contributed by atoms with van der Waals surface area (Å²) in [4.78, 5) is 28.4. The van der Waals surface area contributed by atoms with Crippen molar-refractivity contribution in [1.29, 1.82) is 0 Å². The second-order valence-electron chi connectivity index (χ2n) is 9.99. The molecule has 10 heteroatoms. The largest absolute Gasteiger partial charge is 0.497 e. The van der Waals surface area contributed by atoms with Crippen molar-refractivity contribution in [2.24, 2.45) is 5.92 Å². The van der Waals surface area contributed by atoms with Gasteiger partial charge in [-0.3, -0.25) is 13.9 Å². The summed E-state index contributed by atoms with van der Waals surface area (Å²) < 4.78 is 34.2. The molecule has 0 unspecified atom stereocenters. The molecule has 8 nitrogen and oxygen atoms in total. The first-order valence-corrected chi connectivity index (χ1v) is 14.8. The molecule has 0 fully saturated rings. The second kappa shape index (κ2) is 13.7. The fourth-order valence-electron chi connectivity index (χ4n) is 4.00. The highest BCUT2D eigenvalue weighted by Gasteiger charge is 2.32. The number of halogens is 1. The standard InChI is InChI=1S/C30H36ClN3O5S/c1-21(2)18-32-30(36)23(4)33(19-24-8-6-9-25(31)16-24)29(35)20-34(26-10-7-11-27(17-26)39-5)40(37,38)28-14-12-22(3)13-15-28/h6-17,21,23H,18-20H2,1-5H3,(H,32,36)/t23-/m0/s1. The Kier molecular flexibility index (Phi) is 10.6. The zero-order valence-electron chi connectivity index (χ0n) is 23.4. The molecule has 1 atom stereocenters. The molecule has 3 rings (SSSR count). The number of carbonyl (C=O) groups is 2. The fraction of sp³-hybridized carbons (Fsp3) is 0.333. The van der Waals surface area contributed by atoms with Crippen LogP contribution in [0.4, 0.5) is 5.69 Å². The predicted octanol–water partition coefficient (Wildman–Crippen LogP) is 5.04. The quantitative estimate of drug-likeness (QED) is 0.321. The van der Waals surface area contributed by atoms with Crippen LogP contribution < -0.4 is 14.4 Å². The van der Waals surface area contributed by atoms with E-state index in [0.29, 0.717) is 22.9 Å². The molecule has 0 aliphatic heterocycles. The maximum atomic E-state index is 14.0. The molecule has 0 radical (unpaired) electrons. The normalized spacial score (nSPS) is 12.1. The van der Waals surface area contributed by atoms with Gasteiger partial charge in [-0.15, -0.1) is 0 Å². The second-order valence-corrected chi connectivity index (χ2v) is 12.3. The summed E-state index contributed by atoms with van der Waals surface area (Å²) >= 11 is 6.18. The van der Waals surface area contributed by atoms with Crippen LogP contribution in [0, 0.1) is 12.8 Å². The van der Waals surface area contributed by atoms with Crippen LogP contribution in [-0.4, -0.2) is 51.4 Å². The monoisotopic (exact) mass is 585 g/mol. The Labute approximate surface area is 241 Å². The number of anilines is 1. The molecule has 2 amide bonds. The molecular weight excluding hydrogens is 550 g/mol. The minimum atomic E-state index is -4.16. The lowest BCUT2D eigenvalue weighted by Gasteiger charge is -2.32. The first kappa shape index (κ1) is 31.0. The third kappa shape index (κ3) is 7.99. The maximum Gasteiger partial charge on any atom is 0.264 e. The molecule has 0 heterocycles. The van der Waals surface area contributed by atoms with E-state index in [9.17, 15) is 18.0 Å². The van der Waals surface area contributed by atoms with Crippen molar-refractivity contribution in [2.75, 3.05) is 24.5 Å². The van der Waals surface area contributed by atoms with Gasteiger partial charge in [0.2, 0.25) is 11.8 Å². The summed E-state index contributed by atoms with van der Waals surface area (Å²) in [5.41, 5.74) is 1.86. The number of benzene rings is 3. The summed E-state index contributed by atoms with van der Waals surface area (Å²) in [6.45, 7) is 7.41. The predicted molar refractivity (Wildman–Crippen MR) is 158 cm³/mol. The maximum absolute atomic E-state index is 14.0. The van der Waals surface area contributed by atoms with Crippen LogP contribution in [0.25, 0.3) is 0 Å². The molecule has 0 spiro atoms. The van der Waals surface area contributed by atoms with Gasteiger partial charge in [0.25, 0.3) is 10.0 Å². The van der Waals surface area contributed by atoms with Gasteiger partial charge in [0, 0.05) is 24.2 Å². The zero-order valence-corrected chi connectivity index (χ0v) is 25.0. The van der Waals surface area contributed by atoms with E-state index in [-0.39, 0.29) is 29.0 Å². The number of hydrogen-bond acceptors (Lipinski definition) is 5. The lowest BCUT2D eigenvalue weighted by molar-refractivity contribution is -0.139. The topological polar surface area (TPSA) is 96.0 Å². The minimum Gasteiger partial charge on any atom is -0.497 e. The third-order valence-electron chi connectivity index (χ3n) is 6.32. The van der Waals surface area contributed by atoms with E-state index in [1.165, 1.54) is 24.1 Å². The third-order valence-corrected chi connectivity index (χ3v) is 8.35. The van der Waals surface area contributed by atoms with Crippen LogP contribution in [0.1, 0.15) is 31.9 Å². The molecule has 40 heavy (non-hydrogen) atoms. The number of aryl methyl sites for hydroxylation is 1. The number of amides is 2. The summed E-state index contributed by atoms with van der Waals surface area (Å²) in [5, 5.41) is 3.36. The van der Waals surface area contributed by atoms with Gasteiger partial charge in [0.1, 0.15) is 18.3 Å². The SMILES string of the molecule is COc1cccc(N(CC(=O)N(Cc2cccc(Cl)c2)[C@@H](C)C(=O)NCC(C)C)S(=O)(=O)c2ccc(C)cc2)c1. The van der Waals surface area contributed by atoms with Gasteiger partial charge in [-0.25, -0.2) is 8.42 Å². The molecule has 0 aromatic heterocycles. The van der Waals surface area contributed by atoms with E-state index >= 15 is 0 Å². The van der Waals surface area contributed by atoms with Crippen molar-refractivity contribution in [2.45, 2.75) is 45.2 Å². The molecule has 3 aromatic rings. The van der Waals surface area contributed by atoms with Crippen LogP contribution in [0.2, 0.25) is 5.02 Å². The number of hydrogen-bond donors (Lipinski definition) is 1. The smallest absolute Gasteiger partial charge is 0.264 e. The average Bonchev–Trinajstić information content (AvgIpc) is 2.93. The fourth-order valence-corrected chi connectivity index (χ4v) is 5.62. The van der Waals surface area contributed by atoms with Gasteiger partial charge >= 0.3 is 0 Å². The van der Waals surface area contributed by atoms with Gasteiger partial charge in [0.15, 0.2) is 0 Å². The van der Waals surface area contributed by atoms with E-state index in [4.69, 9.17) is 16.3 Å². The van der Waals surface area contributed by atoms with Crippen molar-refractivity contribution in [3.8, 4) is 5.75 Å². The van der Waals surface area contributed by atoms with Crippen LogP contribution >= 0.6 is 11.6 Å². The summed E-state index contributed by atoms with van der Waals surface area (Å²) in [6, 6.07) is 19.0. The van der Waals surface area contributed by atoms with Crippen LogP contribution in [0.5, 0.6) is 5.75 Å². The highest BCUT2D eigenvalue weighted by atomic mass is 35.5. The number of sulfonamides is 1. The minimum absolute atomic E-state index is 0.0397. The van der Waals surface area contributed by atoms with Gasteiger partial charge in [-0.2, -0.15) is 0 Å². The molecule has 1 N–H and O–H groups in total. The van der Waals surface area contributed by atoms with E-state index in [2.05, 4.69) is 5.32 Å². The van der Waals surface area contributed by atoms with E-state index < -0.39 is 28.5 Å². The Morgan fingerprint density at radius 2 is 1.65 bits per heavy atom. The molecule has 0 saturated carbocycles. The van der Waals surface area contributed by atoms with Crippen LogP contribution in [0.3, 0.4) is 0 Å². The molecule has 0 saturated heterocycles.